The summed E-state index contributed by atoms with van der Waals surface area (Å²) in [6.07, 6.45) is 1.34. The largest absolute Gasteiger partial charge is 0.494 e. The number of ketones is 1. The first-order chi connectivity index (χ1) is 16.8. The third kappa shape index (κ3) is 5.59. The molecule has 0 radical (unpaired) electrons. The van der Waals surface area contributed by atoms with Crippen LogP contribution in [0.4, 0.5) is 0 Å². The Hall–Kier alpha value is -3.13. The number of allylic oxidation sites excluding steroid dienone is 3. The normalized spacial score (nSPS) is 21.9. The van der Waals surface area contributed by atoms with E-state index in [-0.39, 0.29) is 24.9 Å². The summed E-state index contributed by atoms with van der Waals surface area (Å²) in [6, 6.07) is 7.33. The van der Waals surface area contributed by atoms with Gasteiger partial charge < -0.3 is 24.3 Å². The second-order valence-electron chi connectivity index (χ2n) is 8.75. The maximum atomic E-state index is 13.8. The van der Waals surface area contributed by atoms with Crippen LogP contribution in [-0.2, 0) is 28.6 Å². The predicted octanol–water partition coefficient (Wildman–Crippen LogP) is 3.67. The Balaban J connectivity index is 2.08. The van der Waals surface area contributed by atoms with Gasteiger partial charge in [0.05, 0.1) is 31.8 Å². The van der Waals surface area contributed by atoms with Gasteiger partial charge in [0, 0.05) is 29.1 Å². The average molecular weight is 486 g/mol. The Morgan fingerprint density at radius 2 is 1.86 bits per heavy atom. The molecule has 0 unspecified atom stereocenters. The smallest absolute Gasteiger partial charge is 0.336 e. The van der Waals surface area contributed by atoms with Crippen LogP contribution in [0.2, 0.25) is 0 Å². The Kier molecular flexibility index (Phi) is 9.09. The summed E-state index contributed by atoms with van der Waals surface area (Å²) in [7, 11) is 1.28. The van der Waals surface area contributed by atoms with Gasteiger partial charge in [0.25, 0.3) is 0 Å². The number of esters is 2. The second kappa shape index (κ2) is 12.0. The molecule has 1 aromatic carbocycles. The molecule has 3 atom stereocenters. The molecule has 1 aliphatic heterocycles. The first kappa shape index (κ1) is 26.5. The van der Waals surface area contributed by atoms with Gasteiger partial charge in [-0.3, -0.25) is 9.59 Å². The van der Waals surface area contributed by atoms with Crippen LogP contribution in [0.15, 0.2) is 46.8 Å². The number of Topliss-reactive ketones (excluding diaryl/α,β-unsaturated/α-hetero) is 1. The molecule has 1 heterocycles. The minimum atomic E-state index is -0.944. The lowest BCUT2D eigenvalue weighted by atomic mass is 9.69. The number of nitrogens with one attached hydrogen (secondary N) is 1. The van der Waals surface area contributed by atoms with E-state index >= 15 is 0 Å². The highest BCUT2D eigenvalue weighted by Crippen LogP contribution is 2.47. The topological polar surface area (TPSA) is 100 Å². The van der Waals surface area contributed by atoms with E-state index in [0.717, 1.165) is 6.42 Å². The van der Waals surface area contributed by atoms with Gasteiger partial charge in [0.15, 0.2) is 5.78 Å². The molecule has 3 rings (SSSR count). The molecule has 190 valence electrons. The summed E-state index contributed by atoms with van der Waals surface area (Å²) in [4.78, 5) is 39.7. The molecule has 0 fully saturated rings. The van der Waals surface area contributed by atoms with Crippen molar-refractivity contribution in [3.8, 4) is 5.75 Å². The molecule has 0 spiro atoms. The van der Waals surface area contributed by atoms with Crippen molar-refractivity contribution in [1.29, 1.82) is 0 Å². The van der Waals surface area contributed by atoms with Crippen molar-refractivity contribution in [2.75, 3.05) is 33.5 Å². The molecule has 0 amide bonds. The number of para-hydroxylation sites is 1. The number of carbonyl (C=O) groups excluding carboxylic acids is 3. The van der Waals surface area contributed by atoms with Gasteiger partial charge in [-0.05, 0) is 38.7 Å². The number of hydrogen-bond acceptors (Lipinski definition) is 8. The van der Waals surface area contributed by atoms with E-state index < -0.39 is 23.8 Å². The highest BCUT2D eigenvalue weighted by Gasteiger charge is 2.47. The van der Waals surface area contributed by atoms with Gasteiger partial charge in [-0.25, -0.2) is 4.79 Å². The molecule has 8 nitrogen and oxygen atoms in total. The van der Waals surface area contributed by atoms with Gasteiger partial charge in [0.2, 0.25) is 0 Å². The molecular formula is C27H35NO7. The minimum absolute atomic E-state index is 0.0944. The summed E-state index contributed by atoms with van der Waals surface area (Å²) in [6.45, 7) is 8.91. The summed E-state index contributed by atoms with van der Waals surface area (Å²) in [5, 5.41) is 3.26. The molecule has 35 heavy (non-hydrogen) atoms. The van der Waals surface area contributed by atoms with E-state index in [1.165, 1.54) is 7.11 Å². The molecule has 0 aromatic heterocycles. The Bertz CT molecular complexity index is 1030. The third-order valence-electron chi connectivity index (χ3n) is 6.30. The predicted molar refractivity (Wildman–Crippen MR) is 130 cm³/mol. The van der Waals surface area contributed by atoms with E-state index in [2.05, 4.69) is 5.32 Å². The summed E-state index contributed by atoms with van der Waals surface area (Å²) < 4.78 is 21.8. The lowest BCUT2D eigenvalue weighted by Crippen LogP contribution is -2.43. The van der Waals surface area contributed by atoms with Gasteiger partial charge in [-0.1, -0.05) is 32.0 Å². The number of carbonyl (C=O) groups is 3. The van der Waals surface area contributed by atoms with Crippen LogP contribution in [0, 0.1) is 11.8 Å². The molecule has 0 saturated carbocycles. The molecule has 0 saturated heterocycles. The zero-order valence-electron chi connectivity index (χ0n) is 21.1. The molecule has 1 N–H and O–H groups in total. The van der Waals surface area contributed by atoms with Crippen LogP contribution in [0.1, 0.15) is 52.0 Å². The van der Waals surface area contributed by atoms with Crippen LogP contribution < -0.4 is 10.1 Å². The first-order valence-electron chi connectivity index (χ1n) is 12.1. The van der Waals surface area contributed by atoms with E-state index in [0.29, 0.717) is 53.5 Å². The fraction of sp³-hybridized carbons (Fsp3) is 0.519. The van der Waals surface area contributed by atoms with E-state index in [9.17, 15) is 14.4 Å². The van der Waals surface area contributed by atoms with Crippen LogP contribution in [0.5, 0.6) is 5.75 Å². The minimum Gasteiger partial charge on any atom is -0.494 e. The molecule has 8 heteroatoms. The van der Waals surface area contributed by atoms with E-state index in [4.69, 9.17) is 18.9 Å². The third-order valence-corrected chi connectivity index (χ3v) is 6.30. The van der Waals surface area contributed by atoms with Crippen molar-refractivity contribution in [2.45, 2.75) is 46.5 Å². The van der Waals surface area contributed by atoms with E-state index in [1.807, 2.05) is 45.0 Å². The van der Waals surface area contributed by atoms with Crippen molar-refractivity contribution in [1.82, 2.24) is 5.32 Å². The molecular weight excluding hydrogens is 450 g/mol. The van der Waals surface area contributed by atoms with Crippen LogP contribution in [0.3, 0.4) is 0 Å². The van der Waals surface area contributed by atoms with Crippen molar-refractivity contribution in [3.05, 3.63) is 52.4 Å². The second-order valence-corrected chi connectivity index (χ2v) is 8.75. The summed E-state index contributed by atoms with van der Waals surface area (Å²) in [5.41, 5.74) is 2.68. The lowest BCUT2D eigenvalue weighted by molar-refractivity contribution is -0.151. The zero-order chi connectivity index (χ0) is 25.5. The van der Waals surface area contributed by atoms with Crippen molar-refractivity contribution in [2.24, 2.45) is 11.8 Å². The van der Waals surface area contributed by atoms with Crippen LogP contribution >= 0.6 is 0 Å². The lowest BCUT2D eigenvalue weighted by Gasteiger charge is -2.38. The van der Waals surface area contributed by atoms with Crippen molar-refractivity contribution in [3.63, 3.8) is 0 Å². The summed E-state index contributed by atoms with van der Waals surface area (Å²) >= 11 is 0. The monoisotopic (exact) mass is 485 g/mol. The maximum absolute atomic E-state index is 13.8. The SMILES string of the molecule is CCCOCCOC(=O)C1=C(C)NC2=C(C(=O)[C@H](C(=O)OC)[C@@H](C)C2)[C@@H]1c1ccccc1OCC. The Morgan fingerprint density at radius 1 is 1.11 bits per heavy atom. The van der Waals surface area contributed by atoms with Crippen LogP contribution in [0.25, 0.3) is 0 Å². The van der Waals surface area contributed by atoms with Crippen LogP contribution in [-0.4, -0.2) is 51.3 Å². The number of benzene rings is 1. The number of rotatable bonds is 10. The molecule has 0 bridgehead atoms. The van der Waals surface area contributed by atoms with Gasteiger partial charge in [-0.2, -0.15) is 0 Å². The number of dihydropyridines is 1. The fourth-order valence-corrected chi connectivity index (χ4v) is 4.79. The van der Waals surface area contributed by atoms with Gasteiger partial charge >= 0.3 is 11.9 Å². The molecule has 2 aliphatic rings. The number of methoxy groups -OCH3 is 1. The zero-order valence-corrected chi connectivity index (χ0v) is 21.1. The highest BCUT2D eigenvalue weighted by molar-refractivity contribution is 6.12. The Morgan fingerprint density at radius 3 is 2.54 bits per heavy atom. The van der Waals surface area contributed by atoms with E-state index in [1.54, 1.807) is 6.92 Å². The molecule has 1 aromatic rings. The van der Waals surface area contributed by atoms with Gasteiger partial charge in [0.1, 0.15) is 18.3 Å². The number of hydrogen-bond donors (Lipinski definition) is 1. The standard InChI is InChI=1S/C27H35NO7/c1-6-12-33-13-14-35-27(31)22-17(4)28-19-15-16(3)21(26(30)32-5)25(29)24(19)23(22)18-10-8-9-11-20(18)34-7-2/h8-11,16,21,23,28H,6-7,12-15H2,1-5H3/t16-,21+,23+/m0/s1. The molecule has 1 aliphatic carbocycles. The average Bonchev–Trinajstić information content (AvgIpc) is 2.83. The number of ether oxygens (including phenoxy) is 4. The maximum Gasteiger partial charge on any atom is 0.336 e. The first-order valence-corrected chi connectivity index (χ1v) is 12.1. The van der Waals surface area contributed by atoms with Crippen molar-refractivity contribution < 1.29 is 33.3 Å². The highest BCUT2D eigenvalue weighted by atomic mass is 16.6. The van der Waals surface area contributed by atoms with Crippen molar-refractivity contribution >= 4 is 17.7 Å². The quantitative estimate of drug-likeness (QED) is 0.304. The fourth-order valence-electron chi connectivity index (χ4n) is 4.79. The Labute approximate surface area is 206 Å². The summed E-state index contributed by atoms with van der Waals surface area (Å²) in [5.74, 6) is -2.84. The van der Waals surface area contributed by atoms with Gasteiger partial charge in [-0.15, -0.1) is 0 Å².